The Bertz CT molecular complexity index is 1270. The lowest BCUT2D eigenvalue weighted by Crippen LogP contribution is -2.38. The van der Waals surface area contributed by atoms with Gasteiger partial charge in [-0.3, -0.25) is 18.5 Å². The Kier molecular flexibility index (Phi) is 6.56. The molecule has 0 bridgehead atoms. The molecule has 9 heteroatoms. The van der Waals surface area contributed by atoms with Crippen LogP contribution in [0.4, 0.5) is 11.4 Å². The van der Waals surface area contributed by atoms with Crippen LogP contribution in [0.2, 0.25) is 0 Å². The zero-order valence-electron chi connectivity index (χ0n) is 18.2. The van der Waals surface area contributed by atoms with Crippen molar-refractivity contribution in [3.63, 3.8) is 0 Å². The predicted octanol–water partition coefficient (Wildman–Crippen LogP) is 4.17. The van der Waals surface area contributed by atoms with Crippen molar-refractivity contribution in [1.29, 1.82) is 0 Å². The first-order valence-corrected chi connectivity index (χ1v) is 12.7. The van der Waals surface area contributed by atoms with Gasteiger partial charge in [0.2, 0.25) is 15.9 Å². The number of carbonyl (C=O) groups is 1. The van der Waals surface area contributed by atoms with Crippen LogP contribution in [-0.2, 0) is 14.8 Å². The number of sulfonamides is 1. The van der Waals surface area contributed by atoms with Gasteiger partial charge in [-0.25, -0.2) is 8.42 Å². The number of nitrogens with zero attached hydrogens (tertiary/aromatic N) is 2. The number of hydrogen-bond acceptors (Lipinski definition) is 5. The molecule has 3 rings (SSSR count). The van der Waals surface area contributed by atoms with E-state index in [1.807, 2.05) is 39.8 Å². The number of hydrogen-bond donors (Lipinski definition) is 1. The molecule has 0 aliphatic rings. The molecule has 0 radical (unpaired) electrons. The molecule has 0 unspecified atom stereocenters. The Morgan fingerprint density at radius 1 is 1.13 bits per heavy atom. The monoisotopic (exact) mass is 461 g/mol. The second-order valence-corrected chi connectivity index (χ2v) is 10.9. The Morgan fingerprint density at radius 3 is 2.42 bits per heavy atom. The highest BCUT2D eigenvalue weighted by Gasteiger charge is 2.24. The maximum Gasteiger partial charge on any atom is 0.308 e. The van der Waals surface area contributed by atoms with Crippen molar-refractivity contribution >= 4 is 48.9 Å². The van der Waals surface area contributed by atoms with Crippen LogP contribution in [0.5, 0.6) is 0 Å². The molecule has 0 saturated carbocycles. The molecule has 7 nitrogen and oxygen atoms in total. The number of benzene rings is 2. The number of rotatable bonds is 7. The average Bonchev–Trinajstić information content (AvgIpc) is 3.00. The second-order valence-electron chi connectivity index (χ2n) is 8.05. The lowest BCUT2D eigenvalue weighted by atomic mass is 10.0. The summed E-state index contributed by atoms with van der Waals surface area (Å²) in [6.45, 7) is 7.49. The summed E-state index contributed by atoms with van der Waals surface area (Å²) >= 11 is 1.12. The van der Waals surface area contributed by atoms with Crippen LogP contribution >= 0.6 is 11.3 Å². The van der Waals surface area contributed by atoms with E-state index in [0.29, 0.717) is 11.4 Å². The zero-order valence-corrected chi connectivity index (χ0v) is 19.9. The van der Waals surface area contributed by atoms with Gasteiger partial charge in [0.1, 0.15) is 6.54 Å². The van der Waals surface area contributed by atoms with E-state index in [4.69, 9.17) is 0 Å². The van der Waals surface area contributed by atoms with Crippen molar-refractivity contribution in [1.82, 2.24) is 4.57 Å². The molecular weight excluding hydrogens is 434 g/mol. The lowest BCUT2D eigenvalue weighted by Gasteiger charge is -2.25. The molecular formula is C22H27N3O4S2. The van der Waals surface area contributed by atoms with Gasteiger partial charge in [-0.05, 0) is 49.6 Å². The van der Waals surface area contributed by atoms with Gasteiger partial charge in [0, 0.05) is 11.7 Å². The normalized spacial score (nSPS) is 12.0. The summed E-state index contributed by atoms with van der Waals surface area (Å²) in [5.74, 6) is -0.363. The number of aromatic nitrogens is 1. The minimum atomic E-state index is -3.68. The van der Waals surface area contributed by atoms with E-state index in [1.54, 1.807) is 34.9 Å². The molecule has 0 fully saturated rings. The summed E-state index contributed by atoms with van der Waals surface area (Å²) in [6.07, 6.45) is 1.09. The van der Waals surface area contributed by atoms with Crippen molar-refractivity contribution < 1.29 is 13.2 Å². The molecule has 0 aliphatic carbocycles. The third-order valence-corrected chi connectivity index (χ3v) is 6.97. The summed E-state index contributed by atoms with van der Waals surface area (Å²) in [5, 5.41) is 2.76. The Balaban J connectivity index is 1.88. The first-order valence-electron chi connectivity index (χ1n) is 10.0. The third kappa shape index (κ3) is 4.99. The molecule has 0 spiro atoms. The van der Waals surface area contributed by atoms with E-state index >= 15 is 0 Å². The molecule has 0 atom stereocenters. The highest BCUT2D eigenvalue weighted by atomic mass is 32.2. The van der Waals surface area contributed by atoms with Gasteiger partial charge < -0.3 is 5.32 Å². The van der Waals surface area contributed by atoms with E-state index < -0.39 is 15.9 Å². The molecule has 31 heavy (non-hydrogen) atoms. The van der Waals surface area contributed by atoms with E-state index in [2.05, 4.69) is 5.32 Å². The molecule has 1 heterocycles. The van der Waals surface area contributed by atoms with E-state index in [1.165, 1.54) is 0 Å². The molecule has 2 aromatic carbocycles. The summed E-state index contributed by atoms with van der Waals surface area (Å²) in [7, 11) is -3.68. The van der Waals surface area contributed by atoms with Crippen LogP contribution < -0.4 is 14.5 Å². The number of amides is 1. The summed E-state index contributed by atoms with van der Waals surface area (Å²) in [4.78, 5) is 24.9. The van der Waals surface area contributed by atoms with Gasteiger partial charge in [-0.1, -0.05) is 43.4 Å². The van der Waals surface area contributed by atoms with E-state index in [-0.39, 0.29) is 23.4 Å². The average molecular weight is 462 g/mol. The minimum Gasteiger partial charge on any atom is -0.324 e. The van der Waals surface area contributed by atoms with Crippen molar-refractivity contribution in [3.05, 3.63) is 57.7 Å². The molecule has 3 aromatic rings. The minimum absolute atomic E-state index is 0.0334. The third-order valence-electron chi connectivity index (χ3n) is 4.93. The fraction of sp³-hybridized carbons (Fsp3) is 0.364. The second kappa shape index (κ2) is 8.84. The Morgan fingerprint density at radius 2 is 1.81 bits per heavy atom. The van der Waals surface area contributed by atoms with Crippen molar-refractivity contribution in [2.45, 2.75) is 39.7 Å². The predicted molar refractivity (Wildman–Crippen MR) is 128 cm³/mol. The highest BCUT2D eigenvalue weighted by Crippen LogP contribution is 2.29. The van der Waals surface area contributed by atoms with Crippen molar-refractivity contribution in [2.24, 2.45) is 0 Å². The van der Waals surface area contributed by atoms with Gasteiger partial charge in [-0.15, -0.1) is 0 Å². The largest absolute Gasteiger partial charge is 0.324 e. The summed E-state index contributed by atoms with van der Waals surface area (Å²) in [5.41, 5.74) is 2.67. The van der Waals surface area contributed by atoms with Gasteiger partial charge >= 0.3 is 4.87 Å². The Hall–Kier alpha value is -2.65. The topological polar surface area (TPSA) is 88.5 Å². The summed E-state index contributed by atoms with van der Waals surface area (Å²) < 4.78 is 28.6. The lowest BCUT2D eigenvalue weighted by molar-refractivity contribution is -0.114. The maximum absolute atomic E-state index is 12.8. The standard InChI is InChI=1S/C22H27N3O4S2/c1-14(2)17-8-6-7-9-18(17)24(31(5,28)29)13-21(26)23-16-10-11-19-20(12-16)30-22(27)25(19)15(3)4/h6-12,14-15H,13H2,1-5H3,(H,23,26). The van der Waals surface area contributed by atoms with Crippen molar-refractivity contribution in [2.75, 3.05) is 22.4 Å². The molecule has 1 aromatic heterocycles. The smallest absolute Gasteiger partial charge is 0.308 e. The van der Waals surface area contributed by atoms with Crippen LogP contribution in [0, 0.1) is 0 Å². The first kappa shape index (κ1) is 23.0. The van der Waals surface area contributed by atoms with Crippen LogP contribution in [-0.4, -0.2) is 31.7 Å². The number of carbonyl (C=O) groups excluding carboxylic acids is 1. The van der Waals surface area contributed by atoms with E-state index in [0.717, 1.165) is 37.7 Å². The van der Waals surface area contributed by atoms with Crippen LogP contribution in [0.15, 0.2) is 47.3 Å². The maximum atomic E-state index is 12.8. The number of para-hydroxylation sites is 1. The van der Waals surface area contributed by atoms with Crippen LogP contribution in [0.1, 0.15) is 45.2 Å². The molecule has 0 saturated heterocycles. The number of thiazole rings is 1. The fourth-order valence-corrected chi connectivity index (χ4v) is 5.45. The van der Waals surface area contributed by atoms with E-state index in [9.17, 15) is 18.0 Å². The first-order chi connectivity index (χ1) is 14.5. The number of nitrogens with one attached hydrogen (secondary N) is 1. The van der Waals surface area contributed by atoms with Gasteiger partial charge in [0.25, 0.3) is 0 Å². The van der Waals surface area contributed by atoms with Crippen molar-refractivity contribution in [3.8, 4) is 0 Å². The SMILES string of the molecule is CC(C)c1ccccc1N(CC(=O)Nc1ccc2c(c1)sc(=O)n2C(C)C)S(C)(=O)=O. The summed E-state index contributed by atoms with van der Waals surface area (Å²) in [6, 6.07) is 12.5. The van der Waals surface area contributed by atoms with Crippen LogP contribution in [0.25, 0.3) is 10.2 Å². The van der Waals surface area contributed by atoms with Gasteiger partial charge in [0.15, 0.2) is 0 Å². The highest BCUT2D eigenvalue weighted by molar-refractivity contribution is 7.92. The zero-order chi connectivity index (χ0) is 22.9. The molecule has 166 valence electrons. The number of fused-ring (bicyclic) bond motifs is 1. The van der Waals surface area contributed by atoms with Crippen LogP contribution in [0.3, 0.4) is 0 Å². The fourth-order valence-electron chi connectivity index (χ4n) is 3.52. The molecule has 1 amide bonds. The molecule has 1 N–H and O–H groups in total. The molecule has 0 aliphatic heterocycles. The quantitative estimate of drug-likeness (QED) is 0.572. The van der Waals surface area contributed by atoms with Gasteiger partial charge in [0.05, 0.1) is 22.2 Å². The number of anilines is 2. The van der Waals surface area contributed by atoms with Gasteiger partial charge in [-0.2, -0.15) is 0 Å². The Labute approximate surface area is 186 Å².